The third kappa shape index (κ3) is 12.3. The van der Waals surface area contributed by atoms with Crippen molar-refractivity contribution in [2.45, 2.75) is 64.6 Å². The third-order valence-corrected chi connectivity index (χ3v) is 3.16. The second-order valence-electron chi connectivity index (χ2n) is 4.95. The van der Waals surface area contributed by atoms with Gasteiger partial charge in [-0.05, 0) is 38.8 Å². The van der Waals surface area contributed by atoms with Gasteiger partial charge in [0.1, 0.15) is 0 Å². The van der Waals surface area contributed by atoms with Crippen LogP contribution in [-0.2, 0) is 0 Å². The number of unbranched alkanes of at least 4 members (excludes halogenated alkanes) is 3. The summed E-state index contributed by atoms with van der Waals surface area (Å²) in [5, 5.41) is 25.2. The lowest BCUT2D eigenvalue weighted by molar-refractivity contribution is 0.166. The molecule has 2 atom stereocenters. The minimum Gasteiger partial charge on any atom is -0.392 e. The standard InChI is InChI=1S/C14H32N2O2/c1-3-13(17)11-15-9-7-5-6-8-10-16-12-14(18)4-2/h13-18H,3-12H2,1-2H3. The van der Waals surface area contributed by atoms with Crippen LogP contribution in [0.4, 0.5) is 0 Å². The molecule has 0 aromatic rings. The molecule has 18 heavy (non-hydrogen) atoms. The van der Waals surface area contributed by atoms with E-state index in [2.05, 4.69) is 10.6 Å². The van der Waals surface area contributed by atoms with E-state index in [9.17, 15) is 10.2 Å². The van der Waals surface area contributed by atoms with E-state index in [1.165, 1.54) is 25.7 Å². The van der Waals surface area contributed by atoms with Crippen molar-refractivity contribution in [2.24, 2.45) is 0 Å². The van der Waals surface area contributed by atoms with Crippen LogP contribution in [0.1, 0.15) is 52.4 Å². The molecule has 2 unspecified atom stereocenters. The molecule has 0 bridgehead atoms. The Hall–Kier alpha value is -0.160. The van der Waals surface area contributed by atoms with Gasteiger partial charge in [0.05, 0.1) is 12.2 Å². The highest BCUT2D eigenvalue weighted by molar-refractivity contribution is 4.58. The Labute approximate surface area is 112 Å². The third-order valence-electron chi connectivity index (χ3n) is 3.16. The van der Waals surface area contributed by atoms with Crippen LogP contribution in [0.25, 0.3) is 0 Å². The lowest BCUT2D eigenvalue weighted by Gasteiger charge is -2.10. The van der Waals surface area contributed by atoms with Crippen molar-refractivity contribution in [3.05, 3.63) is 0 Å². The molecule has 0 aliphatic carbocycles. The zero-order chi connectivity index (χ0) is 13.6. The maximum absolute atomic E-state index is 9.33. The van der Waals surface area contributed by atoms with Gasteiger partial charge in [-0.25, -0.2) is 0 Å². The predicted octanol–water partition coefficient (Wildman–Crippen LogP) is 1.27. The zero-order valence-corrected chi connectivity index (χ0v) is 12.1. The van der Waals surface area contributed by atoms with Gasteiger partial charge in [0.15, 0.2) is 0 Å². The summed E-state index contributed by atoms with van der Waals surface area (Å²) >= 11 is 0. The van der Waals surface area contributed by atoms with Gasteiger partial charge in [-0.15, -0.1) is 0 Å². The Morgan fingerprint density at radius 3 is 1.44 bits per heavy atom. The molecule has 0 heterocycles. The van der Waals surface area contributed by atoms with Crippen molar-refractivity contribution in [3.8, 4) is 0 Å². The van der Waals surface area contributed by atoms with E-state index < -0.39 is 0 Å². The van der Waals surface area contributed by atoms with Crippen LogP contribution >= 0.6 is 0 Å². The van der Waals surface area contributed by atoms with Crippen LogP contribution in [0.5, 0.6) is 0 Å². The Morgan fingerprint density at radius 2 is 1.11 bits per heavy atom. The van der Waals surface area contributed by atoms with Gasteiger partial charge in [0, 0.05) is 13.1 Å². The smallest absolute Gasteiger partial charge is 0.0662 e. The van der Waals surface area contributed by atoms with Crippen molar-refractivity contribution < 1.29 is 10.2 Å². The van der Waals surface area contributed by atoms with E-state index in [1.807, 2.05) is 13.8 Å². The summed E-state index contributed by atoms with van der Waals surface area (Å²) in [5.41, 5.74) is 0. The Balaban J connectivity index is 3.03. The van der Waals surface area contributed by atoms with Crippen molar-refractivity contribution >= 4 is 0 Å². The maximum Gasteiger partial charge on any atom is 0.0662 e. The SMILES string of the molecule is CCC(O)CNCCCCCCNCC(O)CC. The molecule has 0 rings (SSSR count). The number of aliphatic hydroxyl groups is 2. The highest BCUT2D eigenvalue weighted by Crippen LogP contribution is 1.98. The highest BCUT2D eigenvalue weighted by atomic mass is 16.3. The largest absolute Gasteiger partial charge is 0.392 e. The summed E-state index contributed by atoms with van der Waals surface area (Å²) in [5.74, 6) is 0. The second kappa shape index (κ2) is 13.3. The maximum atomic E-state index is 9.33. The normalized spacial score (nSPS) is 14.7. The number of nitrogens with one attached hydrogen (secondary N) is 2. The fourth-order valence-corrected chi connectivity index (χ4v) is 1.68. The van der Waals surface area contributed by atoms with Gasteiger partial charge < -0.3 is 20.8 Å². The molecule has 0 fully saturated rings. The fourth-order valence-electron chi connectivity index (χ4n) is 1.68. The van der Waals surface area contributed by atoms with Crippen LogP contribution in [0.2, 0.25) is 0 Å². The van der Waals surface area contributed by atoms with E-state index in [1.54, 1.807) is 0 Å². The van der Waals surface area contributed by atoms with E-state index >= 15 is 0 Å². The Bertz CT molecular complexity index is 150. The first kappa shape index (κ1) is 17.8. The molecule has 4 heteroatoms. The van der Waals surface area contributed by atoms with E-state index in [0.717, 1.165) is 25.9 Å². The minimum atomic E-state index is -0.195. The Kier molecular flexibility index (Phi) is 13.2. The van der Waals surface area contributed by atoms with Crippen LogP contribution < -0.4 is 10.6 Å². The predicted molar refractivity (Wildman–Crippen MR) is 76.8 cm³/mol. The van der Waals surface area contributed by atoms with Gasteiger partial charge in [-0.1, -0.05) is 26.7 Å². The van der Waals surface area contributed by atoms with Crippen LogP contribution in [0.3, 0.4) is 0 Å². The molecule has 0 aromatic heterocycles. The summed E-state index contributed by atoms with van der Waals surface area (Å²) < 4.78 is 0. The first-order chi connectivity index (χ1) is 8.70. The van der Waals surface area contributed by atoms with Crippen molar-refractivity contribution in [1.29, 1.82) is 0 Å². The first-order valence-corrected chi connectivity index (χ1v) is 7.48. The Morgan fingerprint density at radius 1 is 0.722 bits per heavy atom. The van der Waals surface area contributed by atoms with Crippen molar-refractivity contribution in [1.82, 2.24) is 10.6 Å². The van der Waals surface area contributed by atoms with Crippen molar-refractivity contribution in [3.63, 3.8) is 0 Å². The first-order valence-electron chi connectivity index (χ1n) is 7.48. The summed E-state index contributed by atoms with van der Waals surface area (Å²) in [7, 11) is 0. The summed E-state index contributed by atoms with van der Waals surface area (Å²) in [6.45, 7) is 7.42. The van der Waals surface area contributed by atoms with E-state index in [4.69, 9.17) is 0 Å². The molecule has 0 aliphatic rings. The number of hydrogen-bond acceptors (Lipinski definition) is 4. The molecule has 4 N–H and O–H groups in total. The molecular weight excluding hydrogens is 228 g/mol. The molecule has 0 spiro atoms. The number of hydrogen-bond donors (Lipinski definition) is 4. The summed E-state index contributed by atoms with van der Waals surface area (Å²) in [4.78, 5) is 0. The topological polar surface area (TPSA) is 64.5 Å². The van der Waals surface area contributed by atoms with Gasteiger partial charge in [0.25, 0.3) is 0 Å². The quantitative estimate of drug-likeness (QED) is 0.377. The molecule has 0 amide bonds. The molecule has 0 saturated heterocycles. The molecule has 0 aromatic carbocycles. The lowest BCUT2D eigenvalue weighted by Crippen LogP contribution is -2.27. The van der Waals surface area contributed by atoms with Gasteiger partial charge in [-0.3, -0.25) is 0 Å². The zero-order valence-electron chi connectivity index (χ0n) is 12.1. The highest BCUT2D eigenvalue weighted by Gasteiger charge is 1.99. The number of aliphatic hydroxyl groups excluding tert-OH is 2. The molecule has 0 radical (unpaired) electrons. The lowest BCUT2D eigenvalue weighted by atomic mass is 10.2. The molecular formula is C14H32N2O2. The summed E-state index contributed by atoms with van der Waals surface area (Å²) in [6, 6.07) is 0. The van der Waals surface area contributed by atoms with E-state index in [-0.39, 0.29) is 12.2 Å². The average molecular weight is 260 g/mol. The van der Waals surface area contributed by atoms with Gasteiger partial charge in [0.2, 0.25) is 0 Å². The van der Waals surface area contributed by atoms with Crippen molar-refractivity contribution in [2.75, 3.05) is 26.2 Å². The molecule has 0 aliphatic heterocycles. The van der Waals surface area contributed by atoms with Gasteiger partial charge >= 0.3 is 0 Å². The molecule has 4 nitrogen and oxygen atoms in total. The molecule has 0 saturated carbocycles. The van der Waals surface area contributed by atoms with Gasteiger partial charge in [-0.2, -0.15) is 0 Å². The fraction of sp³-hybridized carbons (Fsp3) is 1.00. The average Bonchev–Trinajstić information content (AvgIpc) is 2.40. The monoisotopic (exact) mass is 260 g/mol. The minimum absolute atomic E-state index is 0.195. The number of rotatable bonds is 13. The van der Waals surface area contributed by atoms with Crippen LogP contribution in [0, 0.1) is 0 Å². The summed E-state index contributed by atoms with van der Waals surface area (Å²) in [6.07, 6.45) is 6.06. The van der Waals surface area contributed by atoms with E-state index in [0.29, 0.717) is 13.1 Å². The second-order valence-corrected chi connectivity index (χ2v) is 4.95. The van der Waals surface area contributed by atoms with Crippen LogP contribution in [-0.4, -0.2) is 48.6 Å². The van der Waals surface area contributed by atoms with Crippen LogP contribution in [0.15, 0.2) is 0 Å². The molecule has 110 valence electrons.